The minimum Gasteiger partial charge on any atom is -0.478 e. The molecule has 0 bridgehead atoms. The molecular weight excluding hydrogens is 206 g/mol. The Bertz CT molecular complexity index is 436. The first-order valence-electron chi connectivity index (χ1n) is 4.94. The summed E-state index contributed by atoms with van der Waals surface area (Å²) in [6.07, 6.45) is 0.346. The number of nitriles is 1. The Morgan fingerprint density at radius 2 is 2.31 bits per heavy atom. The number of carboxylic acid groups (broad SMARTS) is 1. The molecule has 4 heteroatoms. The maximum Gasteiger partial charge on any atom is 0.347 e. The molecule has 1 unspecified atom stereocenters. The van der Waals surface area contributed by atoms with Crippen LogP contribution in [0, 0.1) is 11.3 Å². The van der Waals surface area contributed by atoms with Crippen molar-refractivity contribution in [3.8, 4) is 11.8 Å². The summed E-state index contributed by atoms with van der Waals surface area (Å²) >= 11 is 0. The predicted octanol–water partition coefficient (Wildman–Crippen LogP) is 2.19. The van der Waals surface area contributed by atoms with E-state index in [2.05, 4.69) is 0 Å². The van der Waals surface area contributed by atoms with Crippen molar-refractivity contribution in [2.75, 3.05) is 0 Å². The number of ether oxygens (including phenoxy) is 1. The van der Waals surface area contributed by atoms with E-state index in [0.29, 0.717) is 17.7 Å². The van der Waals surface area contributed by atoms with Gasteiger partial charge in [0.1, 0.15) is 5.75 Å². The Hall–Kier alpha value is -2.02. The molecule has 1 aromatic rings. The minimum absolute atomic E-state index is 0.346. The first-order valence-corrected chi connectivity index (χ1v) is 4.94. The number of aliphatic carboxylic acids is 1. The second-order valence-corrected chi connectivity index (χ2v) is 3.63. The summed E-state index contributed by atoms with van der Waals surface area (Å²) < 4.78 is 5.40. The van der Waals surface area contributed by atoms with Crippen LogP contribution in [0.25, 0.3) is 0 Å². The van der Waals surface area contributed by atoms with Gasteiger partial charge in [0.05, 0.1) is 11.6 Å². The predicted molar refractivity (Wildman–Crippen MR) is 58.1 cm³/mol. The molecule has 0 saturated carbocycles. The fourth-order valence-corrected chi connectivity index (χ4v) is 1.16. The first kappa shape index (κ1) is 12.1. The topological polar surface area (TPSA) is 70.3 Å². The molecule has 16 heavy (non-hydrogen) atoms. The monoisotopic (exact) mass is 219 g/mol. The third kappa shape index (κ3) is 2.51. The van der Waals surface area contributed by atoms with Crippen molar-refractivity contribution in [3.05, 3.63) is 29.8 Å². The van der Waals surface area contributed by atoms with E-state index in [1.54, 1.807) is 25.1 Å². The standard InChI is InChI=1S/C12H13NO3/c1-3-12(2,11(14)15)16-10-6-4-5-9(7-10)8-13/h4-7H,3H2,1-2H3,(H,14,15). The molecule has 0 radical (unpaired) electrons. The highest BCUT2D eigenvalue weighted by Crippen LogP contribution is 2.22. The molecule has 0 fully saturated rings. The lowest BCUT2D eigenvalue weighted by molar-refractivity contribution is -0.154. The van der Waals surface area contributed by atoms with E-state index in [4.69, 9.17) is 15.1 Å². The fourth-order valence-electron chi connectivity index (χ4n) is 1.16. The normalized spacial score (nSPS) is 13.6. The molecule has 1 N–H and O–H groups in total. The van der Waals surface area contributed by atoms with Crippen LogP contribution >= 0.6 is 0 Å². The van der Waals surface area contributed by atoms with Crippen LogP contribution in [-0.4, -0.2) is 16.7 Å². The lowest BCUT2D eigenvalue weighted by Crippen LogP contribution is -2.40. The molecule has 0 aliphatic rings. The van der Waals surface area contributed by atoms with E-state index in [0.717, 1.165) is 0 Å². The molecular formula is C12H13NO3. The van der Waals surface area contributed by atoms with E-state index in [1.807, 2.05) is 6.07 Å². The molecule has 84 valence electrons. The minimum atomic E-state index is -1.26. The van der Waals surface area contributed by atoms with Gasteiger partial charge in [-0.05, 0) is 31.5 Å². The fraction of sp³-hybridized carbons (Fsp3) is 0.333. The number of rotatable bonds is 4. The van der Waals surface area contributed by atoms with Crippen LogP contribution in [0.1, 0.15) is 25.8 Å². The van der Waals surface area contributed by atoms with Crippen molar-refractivity contribution >= 4 is 5.97 Å². The molecule has 4 nitrogen and oxygen atoms in total. The third-order valence-electron chi connectivity index (χ3n) is 2.43. The van der Waals surface area contributed by atoms with Crippen LogP contribution in [-0.2, 0) is 4.79 Å². The lowest BCUT2D eigenvalue weighted by Gasteiger charge is -2.24. The summed E-state index contributed by atoms with van der Waals surface area (Å²) in [5, 5.41) is 17.7. The Morgan fingerprint density at radius 1 is 1.62 bits per heavy atom. The highest BCUT2D eigenvalue weighted by atomic mass is 16.5. The Kier molecular flexibility index (Phi) is 3.51. The van der Waals surface area contributed by atoms with Crippen molar-refractivity contribution in [3.63, 3.8) is 0 Å². The Labute approximate surface area is 94.1 Å². The third-order valence-corrected chi connectivity index (χ3v) is 2.43. The van der Waals surface area contributed by atoms with Crippen LogP contribution in [0.2, 0.25) is 0 Å². The van der Waals surface area contributed by atoms with E-state index in [-0.39, 0.29) is 0 Å². The van der Waals surface area contributed by atoms with E-state index < -0.39 is 11.6 Å². The van der Waals surface area contributed by atoms with Gasteiger partial charge in [0.15, 0.2) is 0 Å². The molecule has 0 spiro atoms. The average molecular weight is 219 g/mol. The van der Waals surface area contributed by atoms with Crippen LogP contribution < -0.4 is 4.74 Å². The maximum absolute atomic E-state index is 11.0. The van der Waals surface area contributed by atoms with Gasteiger partial charge in [0.2, 0.25) is 5.60 Å². The van der Waals surface area contributed by atoms with Crippen LogP contribution in [0.5, 0.6) is 5.75 Å². The van der Waals surface area contributed by atoms with Crippen LogP contribution in [0.15, 0.2) is 24.3 Å². The summed E-state index contributed by atoms with van der Waals surface area (Å²) in [6, 6.07) is 8.43. The molecule has 0 aromatic heterocycles. The van der Waals surface area contributed by atoms with Gasteiger partial charge in [0, 0.05) is 0 Å². The van der Waals surface area contributed by atoms with Gasteiger partial charge < -0.3 is 9.84 Å². The molecule has 0 saturated heterocycles. The van der Waals surface area contributed by atoms with E-state index in [9.17, 15) is 4.79 Å². The van der Waals surface area contributed by atoms with Gasteiger partial charge in [-0.1, -0.05) is 13.0 Å². The van der Waals surface area contributed by atoms with Crippen LogP contribution in [0.3, 0.4) is 0 Å². The number of hydrogen-bond acceptors (Lipinski definition) is 3. The first-order chi connectivity index (χ1) is 7.51. The summed E-state index contributed by atoms with van der Waals surface area (Å²) in [7, 11) is 0. The second-order valence-electron chi connectivity index (χ2n) is 3.63. The van der Waals surface area contributed by atoms with E-state index >= 15 is 0 Å². The SMILES string of the molecule is CCC(C)(Oc1cccc(C#N)c1)C(=O)O. The number of benzene rings is 1. The van der Waals surface area contributed by atoms with Crippen LogP contribution in [0.4, 0.5) is 0 Å². The van der Waals surface area contributed by atoms with Gasteiger partial charge in [-0.3, -0.25) is 0 Å². The lowest BCUT2D eigenvalue weighted by atomic mass is 10.0. The van der Waals surface area contributed by atoms with Gasteiger partial charge in [0.25, 0.3) is 0 Å². The quantitative estimate of drug-likeness (QED) is 0.842. The van der Waals surface area contributed by atoms with Gasteiger partial charge in [-0.25, -0.2) is 4.79 Å². The van der Waals surface area contributed by atoms with Gasteiger partial charge in [-0.2, -0.15) is 5.26 Å². The van der Waals surface area contributed by atoms with Crippen molar-refractivity contribution in [1.29, 1.82) is 5.26 Å². The second kappa shape index (κ2) is 4.67. The largest absolute Gasteiger partial charge is 0.478 e. The van der Waals surface area contributed by atoms with Crippen molar-refractivity contribution in [2.45, 2.75) is 25.9 Å². The zero-order valence-corrected chi connectivity index (χ0v) is 9.23. The highest BCUT2D eigenvalue weighted by molar-refractivity contribution is 5.77. The summed E-state index contributed by atoms with van der Waals surface area (Å²) in [5.41, 5.74) is -0.810. The number of carboxylic acids is 1. The summed E-state index contributed by atoms with van der Waals surface area (Å²) in [4.78, 5) is 11.0. The van der Waals surface area contributed by atoms with Crippen molar-refractivity contribution in [2.24, 2.45) is 0 Å². The molecule has 0 heterocycles. The maximum atomic E-state index is 11.0. The van der Waals surface area contributed by atoms with Crippen molar-refractivity contribution in [1.82, 2.24) is 0 Å². The average Bonchev–Trinajstić information content (AvgIpc) is 2.29. The molecule has 0 amide bonds. The van der Waals surface area contributed by atoms with Gasteiger partial charge in [-0.15, -0.1) is 0 Å². The molecule has 1 atom stereocenters. The highest BCUT2D eigenvalue weighted by Gasteiger charge is 2.33. The summed E-state index contributed by atoms with van der Waals surface area (Å²) in [5.74, 6) is -0.622. The van der Waals surface area contributed by atoms with Crippen molar-refractivity contribution < 1.29 is 14.6 Å². The Balaban J connectivity index is 2.95. The zero-order chi connectivity index (χ0) is 12.2. The Morgan fingerprint density at radius 3 is 2.81 bits per heavy atom. The molecule has 0 aliphatic carbocycles. The number of nitrogens with zero attached hydrogens (tertiary/aromatic N) is 1. The summed E-state index contributed by atoms with van der Waals surface area (Å²) in [6.45, 7) is 3.25. The smallest absolute Gasteiger partial charge is 0.347 e. The molecule has 0 aliphatic heterocycles. The molecule has 1 rings (SSSR count). The zero-order valence-electron chi connectivity index (χ0n) is 9.23. The van der Waals surface area contributed by atoms with Gasteiger partial charge >= 0.3 is 5.97 Å². The number of hydrogen-bond donors (Lipinski definition) is 1. The van der Waals surface area contributed by atoms with E-state index in [1.165, 1.54) is 13.0 Å². The molecule has 1 aromatic carbocycles. The number of carbonyl (C=O) groups is 1.